The van der Waals surface area contributed by atoms with Gasteiger partial charge in [0.05, 0.1) is 11.5 Å². The Bertz CT molecular complexity index is 1130. The minimum Gasteiger partial charge on any atom is -0.494 e. The molecular weight excluding hydrogens is 364 g/mol. The molecule has 0 atom stereocenters. The Morgan fingerprint density at radius 2 is 1.70 bits per heavy atom. The fraction of sp³-hybridized carbons (Fsp3) is 0.250. The highest BCUT2D eigenvalue weighted by atomic mass is 32.2. The third-order valence-electron chi connectivity index (χ3n) is 4.43. The standard InChI is InChI=1S/C20H22N2O4S/c1-4-26-17-5-7-18(8-6-17)27(24,25)21-12-16-11-15-9-13(2)14(3)10-19(15)22-20(16)23/h5-11,21H,4,12H2,1-3H3,(H,22,23). The van der Waals surface area contributed by atoms with E-state index in [-0.39, 0.29) is 17.0 Å². The number of aryl methyl sites for hydroxylation is 2. The van der Waals surface area contributed by atoms with Gasteiger partial charge in [0.1, 0.15) is 5.75 Å². The first-order valence-electron chi connectivity index (χ1n) is 8.66. The second-order valence-corrected chi connectivity index (χ2v) is 8.14. The lowest BCUT2D eigenvalue weighted by molar-refractivity contribution is 0.340. The molecule has 0 saturated heterocycles. The van der Waals surface area contributed by atoms with E-state index < -0.39 is 10.0 Å². The number of nitrogens with one attached hydrogen (secondary N) is 2. The maximum Gasteiger partial charge on any atom is 0.252 e. The maximum atomic E-state index is 12.5. The zero-order valence-electron chi connectivity index (χ0n) is 15.5. The first-order valence-corrected chi connectivity index (χ1v) is 10.1. The molecule has 6 nitrogen and oxygen atoms in total. The van der Waals surface area contributed by atoms with Gasteiger partial charge < -0.3 is 9.72 Å². The van der Waals surface area contributed by atoms with Gasteiger partial charge in [-0.3, -0.25) is 4.79 Å². The summed E-state index contributed by atoms with van der Waals surface area (Å²) in [5.74, 6) is 0.605. The molecule has 3 rings (SSSR count). The number of benzene rings is 2. The predicted octanol–water partition coefficient (Wildman–Crippen LogP) is 3.02. The quantitative estimate of drug-likeness (QED) is 0.682. The number of rotatable bonds is 6. The first kappa shape index (κ1) is 19.1. The molecule has 0 spiro atoms. The van der Waals surface area contributed by atoms with E-state index in [1.807, 2.05) is 32.9 Å². The van der Waals surface area contributed by atoms with Gasteiger partial charge in [0, 0.05) is 17.6 Å². The summed E-state index contributed by atoms with van der Waals surface area (Å²) in [7, 11) is -3.73. The number of H-pyrrole nitrogens is 1. The van der Waals surface area contributed by atoms with Gasteiger partial charge in [0.2, 0.25) is 10.0 Å². The van der Waals surface area contributed by atoms with Crippen molar-refractivity contribution in [2.24, 2.45) is 0 Å². The number of sulfonamides is 1. The molecule has 1 aromatic heterocycles. The Balaban J connectivity index is 1.83. The average Bonchev–Trinajstić information content (AvgIpc) is 2.62. The van der Waals surface area contributed by atoms with Crippen molar-refractivity contribution in [3.63, 3.8) is 0 Å². The lowest BCUT2D eigenvalue weighted by Gasteiger charge is -2.09. The second-order valence-electron chi connectivity index (χ2n) is 6.38. The molecule has 1 heterocycles. The topological polar surface area (TPSA) is 88.3 Å². The molecule has 142 valence electrons. The molecule has 0 unspecified atom stereocenters. The number of aromatic amines is 1. The van der Waals surface area contributed by atoms with E-state index in [1.54, 1.807) is 18.2 Å². The highest BCUT2D eigenvalue weighted by Gasteiger charge is 2.15. The van der Waals surface area contributed by atoms with Crippen molar-refractivity contribution in [1.29, 1.82) is 0 Å². The summed E-state index contributed by atoms with van der Waals surface area (Å²) in [5, 5.41) is 0.868. The van der Waals surface area contributed by atoms with E-state index in [0.29, 0.717) is 17.9 Å². The Labute approximate surface area is 158 Å². The summed E-state index contributed by atoms with van der Waals surface area (Å²) < 4.78 is 32.8. The van der Waals surface area contributed by atoms with Gasteiger partial charge in [-0.25, -0.2) is 13.1 Å². The van der Waals surface area contributed by atoms with E-state index in [2.05, 4.69) is 9.71 Å². The highest BCUT2D eigenvalue weighted by molar-refractivity contribution is 7.89. The molecule has 0 bridgehead atoms. The van der Waals surface area contributed by atoms with Gasteiger partial charge in [0.25, 0.3) is 5.56 Å². The van der Waals surface area contributed by atoms with Crippen LogP contribution in [0.25, 0.3) is 10.9 Å². The molecule has 27 heavy (non-hydrogen) atoms. The van der Waals surface area contributed by atoms with Gasteiger partial charge >= 0.3 is 0 Å². The molecule has 0 aliphatic carbocycles. The van der Waals surface area contributed by atoms with Crippen LogP contribution in [0.5, 0.6) is 5.75 Å². The Hall–Kier alpha value is -2.64. The van der Waals surface area contributed by atoms with Crippen LogP contribution >= 0.6 is 0 Å². The lowest BCUT2D eigenvalue weighted by atomic mass is 10.1. The molecule has 0 radical (unpaired) electrons. The lowest BCUT2D eigenvalue weighted by Crippen LogP contribution is -2.27. The van der Waals surface area contributed by atoms with Crippen molar-refractivity contribution in [2.45, 2.75) is 32.2 Å². The number of fused-ring (bicyclic) bond motifs is 1. The van der Waals surface area contributed by atoms with Crippen molar-refractivity contribution >= 4 is 20.9 Å². The Morgan fingerprint density at radius 3 is 2.37 bits per heavy atom. The van der Waals surface area contributed by atoms with Crippen LogP contribution in [-0.4, -0.2) is 20.0 Å². The van der Waals surface area contributed by atoms with E-state index in [4.69, 9.17) is 4.74 Å². The molecule has 3 aromatic rings. The van der Waals surface area contributed by atoms with Crippen molar-refractivity contribution in [3.8, 4) is 5.75 Å². The van der Waals surface area contributed by atoms with Gasteiger partial charge in [-0.1, -0.05) is 0 Å². The van der Waals surface area contributed by atoms with Crippen molar-refractivity contribution < 1.29 is 13.2 Å². The fourth-order valence-electron chi connectivity index (χ4n) is 2.79. The van der Waals surface area contributed by atoms with Gasteiger partial charge in [-0.15, -0.1) is 0 Å². The third kappa shape index (κ3) is 4.20. The average molecular weight is 386 g/mol. The molecular formula is C20H22N2O4S. The van der Waals surface area contributed by atoms with Crippen LogP contribution in [0.2, 0.25) is 0 Å². The Morgan fingerprint density at radius 1 is 1.04 bits per heavy atom. The van der Waals surface area contributed by atoms with E-state index in [0.717, 1.165) is 22.0 Å². The summed E-state index contributed by atoms with van der Waals surface area (Å²) in [6.07, 6.45) is 0. The second kappa shape index (κ2) is 7.54. The summed E-state index contributed by atoms with van der Waals surface area (Å²) in [6.45, 7) is 6.25. The van der Waals surface area contributed by atoms with Crippen molar-refractivity contribution in [2.75, 3.05) is 6.61 Å². The SMILES string of the molecule is CCOc1ccc(S(=O)(=O)NCc2cc3cc(C)c(C)cc3[nH]c2=O)cc1. The number of pyridine rings is 1. The van der Waals surface area contributed by atoms with Gasteiger partial charge in [0.15, 0.2) is 0 Å². The van der Waals surface area contributed by atoms with Gasteiger partial charge in [-0.05, 0) is 79.7 Å². The van der Waals surface area contributed by atoms with Crippen LogP contribution < -0.4 is 15.0 Å². The zero-order valence-corrected chi connectivity index (χ0v) is 16.3. The molecule has 0 aliphatic heterocycles. The molecule has 0 fully saturated rings. The summed E-state index contributed by atoms with van der Waals surface area (Å²) in [6, 6.07) is 11.8. The number of ether oxygens (including phenoxy) is 1. The molecule has 2 N–H and O–H groups in total. The van der Waals surface area contributed by atoms with Crippen LogP contribution in [-0.2, 0) is 16.6 Å². The fourth-order valence-corrected chi connectivity index (χ4v) is 3.80. The number of hydrogen-bond donors (Lipinski definition) is 2. The van der Waals surface area contributed by atoms with Crippen LogP contribution in [0.3, 0.4) is 0 Å². The summed E-state index contributed by atoms with van der Waals surface area (Å²) in [5.41, 5.74) is 2.99. The molecule has 7 heteroatoms. The largest absolute Gasteiger partial charge is 0.494 e. The smallest absolute Gasteiger partial charge is 0.252 e. The van der Waals surface area contributed by atoms with Crippen LogP contribution in [0.1, 0.15) is 23.6 Å². The van der Waals surface area contributed by atoms with E-state index in [9.17, 15) is 13.2 Å². The van der Waals surface area contributed by atoms with Crippen LogP contribution in [0, 0.1) is 13.8 Å². The Kier molecular flexibility index (Phi) is 5.34. The minimum absolute atomic E-state index is 0.0895. The zero-order chi connectivity index (χ0) is 19.6. The normalized spacial score (nSPS) is 11.7. The van der Waals surface area contributed by atoms with Crippen molar-refractivity contribution in [3.05, 3.63) is 69.5 Å². The predicted molar refractivity (Wildman–Crippen MR) is 106 cm³/mol. The van der Waals surface area contributed by atoms with Crippen LogP contribution in [0.4, 0.5) is 0 Å². The monoisotopic (exact) mass is 386 g/mol. The van der Waals surface area contributed by atoms with Crippen LogP contribution in [0.15, 0.2) is 52.2 Å². The summed E-state index contributed by atoms with van der Waals surface area (Å²) >= 11 is 0. The number of aromatic nitrogens is 1. The molecule has 0 aliphatic rings. The molecule has 0 amide bonds. The van der Waals surface area contributed by atoms with E-state index >= 15 is 0 Å². The highest BCUT2D eigenvalue weighted by Crippen LogP contribution is 2.18. The summed E-state index contributed by atoms with van der Waals surface area (Å²) in [4.78, 5) is 15.2. The maximum absolute atomic E-state index is 12.5. The van der Waals surface area contributed by atoms with Gasteiger partial charge in [-0.2, -0.15) is 0 Å². The van der Waals surface area contributed by atoms with Crippen molar-refractivity contribution in [1.82, 2.24) is 9.71 Å². The molecule has 0 saturated carbocycles. The first-order chi connectivity index (χ1) is 12.8. The number of hydrogen-bond acceptors (Lipinski definition) is 4. The minimum atomic E-state index is -3.73. The van der Waals surface area contributed by atoms with E-state index in [1.165, 1.54) is 12.1 Å². The molecule has 2 aromatic carbocycles. The third-order valence-corrected chi connectivity index (χ3v) is 5.85.